The Morgan fingerprint density at radius 1 is 1.33 bits per heavy atom. The molecule has 0 radical (unpaired) electrons. The van der Waals surface area contributed by atoms with E-state index in [1.165, 1.54) is 10.6 Å². The molecule has 0 amide bonds. The first-order valence-electron chi connectivity index (χ1n) is 6.28. The third kappa shape index (κ3) is 2.32. The maximum atomic E-state index is 4.76. The highest BCUT2D eigenvalue weighted by atomic mass is 32.1. The molecule has 0 saturated carbocycles. The van der Waals surface area contributed by atoms with Gasteiger partial charge in [0.25, 0.3) is 0 Å². The molecule has 1 aromatic carbocycles. The summed E-state index contributed by atoms with van der Waals surface area (Å²) in [6.45, 7) is 1.03. The van der Waals surface area contributed by atoms with Crippen molar-refractivity contribution in [2.24, 2.45) is 0 Å². The molecule has 18 heavy (non-hydrogen) atoms. The molecule has 94 valence electrons. The number of aromatic nitrogens is 1. The van der Waals surface area contributed by atoms with Gasteiger partial charge in [0, 0.05) is 23.5 Å². The van der Waals surface area contributed by atoms with Crippen LogP contribution < -0.4 is 10.6 Å². The second-order valence-electron chi connectivity index (χ2n) is 4.62. The average Bonchev–Trinajstić information content (AvgIpc) is 3.08. The van der Waals surface area contributed by atoms with Gasteiger partial charge in [-0.2, -0.15) is 0 Å². The summed E-state index contributed by atoms with van der Waals surface area (Å²) in [5, 5.41) is 10.2. The molecular weight excluding hydrogens is 242 g/mol. The van der Waals surface area contributed by atoms with Crippen LogP contribution in [0, 0.1) is 0 Å². The Balaban J connectivity index is 1.78. The summed E-state index contributed by atoms with van der Waals surface area (Å²) in [4.78, 5) is 4.76. The van der Waals surface area contributed by atoms with Gasteiger partial charge in [0.05, 0.1) is 11.7 Å². The molecule has 2 aromatic rings. The smallest absolute Gasteiger partial charge is 0.110 e. The molecule has 3 rings (SSSR count). The van der Waals surface area contributed by atoms with Gasteiger partial charge in [0.2, 0.25) is 0 Å². The topological polar surface area (TPSA) is 37.0 Å². The SMILES string of the molecule is CN[C@@H]1CN[C@H](c2nc(-c3ccccc3)cs2)C1. The number of nitrogens with one attached hydrogen (secondary N) is 2. The van der Waals surface area contributed by atoms with Crippen molar-refractivity contribution in [3.05, 3.63) is 40.7 Å². The molecule has 0 aliphatic carbocycles. The van der Waals surface area contributed by atoms with E-state index in [4.69, 9.17) is 4.98 Å². The van der Waals surface area contributed by atoms with Gasteiger partial charge in [0.15, 0.2) is 0 Å². The van der Waals surface area contributed by atoms with Gasteiger partial charge in [-0.3, -0.25) is 0 Å². The molecule has 2 atom stereocenters. The number of hydrogen-bond acceptors (Lipinski definition) is 4. The zero-order valence-electron chi connectivity index (χ0n) is 10.4. The molecule has 1 aliphatic heterocycles. The van der Waals surface area contributed by atoms with Crippen molar-refractivity contribution in [2.45, 2.75) is 18.5 Å². The van der Waals surface area contributed by atoms with Crippen LogP contribution in [0.3, 0.4) is 0 Å². The number of rotatable bonds is 3. The van der Waals surface area contributed by atoms with Gasteiger partial charge in [-0.25, -0.2) is 4.98 Å². The fourth-order valence-electron chi connectivity index (χ4n) is 2.33. The maximum Gasteiger partial charge on any atom is 0.110 e. The largest absolute Gasteiger partial charge is 0.316 e. The molecule has 2 N–H and O–H groups in total. The van der Waals surface area contributed by atoms with E-state index in [2.05, 4.69) is 40.3 Å². The van der Waals surface area contributed by atoms with Crippen LogP contribution >= 0.6 is 11.3 Å². The lowest BCUT2D eigenvalue weighted by atomic mass is 10.1. The highest BCUT2D eigenvalue weighted by molar-refractivity contribution is 7.10. The van der Waals surface area contributed by atoms with Crippen LogP contribution in [0.1, 0.15) is 17.5 Å². The number of likely N-dealkylation sites (N-methyl/N-ethyl adjacent to an activating group) is 1. The van der Waals surface area contributed by atoms with Crippen LogP contribution in [-0.2, 0) is 0 Å². The van der Waals surface area contributed by atoms with Gasteiger partial charge >= 0.3 is 0 Å². The summed E-state index contributed by atoms with van der Waals surface area (Å²) in [6, 6.07) is 11.3. The maximum absolute atomic E-state index is 4.76. The highest BCUT2D eigenvalue weighted by Gasteiger charge is 2.26. The summed E-state index contributed by atoms with van der Waals surface area (Å²) in [7, 11) is 2.02. The van der Waals surface area contributed by atoms with Crippen LogP contribution in [0.4, 0.5) is 0 Å². The standard InChI is InChI=1S/C14H17N3S/c1-15-11-7-12(16-8-11)14-17-13(9-18-14)10-5-3-2-4-6-10/h2-6,9,11-12,15-16H,7-8H2,1H3/t11-,12-/m0/s1. The van der Waals surface area contributed by atoms with Crippen LogP contribution in [0.5, 0.6) is 0 Å². The molecule has 1 aliphatic rings. The summed E-state index contributed by atoms with van der Waals surface area (Å²) >= 11 is 1.75. The average molecular weight is 259 g/mol. The van der Waals surface area contributed by atoms with E-state index in [0.717, 1.165) is 18.7 Å². The number of nitrogens with zero attached hydrogens (tertiary/aromatic N) is 1. The molecule has 1 aromatic heterocycles. The zero-order valence-corrected chi connectivity index (χ0v) is 11.2. The number of hydrogen-bond donors (Lipinski definition) is 2. The van der Waals surface area contributed by atoms with Gasteiger partial charge < -0.3 is 10.6 Å². The monoisotopic (exact) mass is 259 g/mol. The second kappa shape index (κ2) is 5.18. The summed E-state index contributed by atoms with van der Waals surface area (Å²) in [5.41, 5.74) is 2.29. The van der Waals surface area contributed by atoms with E-state index in [9.17, 15) is 0 Å². The van der Waals surface area contributed by atoms with E-state index in [-0.39, 0.29) is 0 Å². The first-order chi connectivity index (χ1) is 8.86. The molecule has 0 bridgehead atoms. The Bertz CT molecular complexity index is 509. The third-order valence-corrected chi connectivity index (χ3v) is 4.39. The first-order valence-corrected chi connectivity index (χ1v) is 7.16. The Labute approximate surface area is 111 Å². The Kier molecular flexibility index (Phi) is 3.41. The third-order valence-electron chi connectivity index (χ3n) is 3.43. The van der Waals surface area contributed by atoms with Gasteiger partial charge in [-0.15, -0.1) is 11.3 Å². The molecular formula is C14H17N3S. The highest BCUT2D eigenvalue weighted by Crippen LogP contribution is 2.29. The lowest BCUT2D eigenvalue weighted by Gasteiger charge is -2.06. The molecule has 1 saturated heterocycles. The van der Waals surface area contributed by atoms with Crippen LogP contribution in [0.15, 0.2) is 35.7 Å². The van der Waals surface area contributed by atoms with Crippen molar-refractivity contribution in [3.8, 4) is 11.3 Å². The molecule has 3 nitrogen and oxygen atoms in total. The molecule has 0 spiro atoms. The van der Waals surface area contributed by atoms with Crippen molar-refractivity contribution >= 4 is 11.3 Å². The van der Waals surface area contributed by atoms with Crippen molar-refractivity contribution in [1.82, 2.24) is 15.6 Å². The van der Waals surface area contributed by atoms with Crippen molar-refractivity contribution < 1.29 is 0 Å². The summed E-state index contributed by atoms with van der Waals surface area (Å²) in [5.74, 6) is 0. The first kappa shape index (κ1) is 11.8. The number of thiazole rings is 1. The summed E-state index contributed by atoms with van der Waals surface area (Å²) < 4.78 is 0. The Hall–Kier alpha value is -1.23. The zero-order chi connectivity index (χ0) is 12.4. The van der Waals surface area contributed by atoms with Crippen LogP contribution in [-0.4, -0.2) is 24.6 Å². The molecule has 4 heteroatoms. The lowest BCUT2D eigenvalue weighted by molar-refractivity contribution is 0.588. The molecule has 1 fully saturated rings. The fraction of sp³-hybridized carbons (Fsp3) is 0.357. The lowest BCUT2D eigenvalue weighted by Crippen LogP contribution is -2.26. The van der Waals surface area contributed by atoms with Crippen molar-refractivity contribution in [2.75, 3.05) is 13.6 Å². The predicted molar refractivity (Wildman–Crippen MR) is 75.8 cm³/mol. The van der Waals surface area contributed by atoms with Gasteiger partial charge in [-0.1, -0.05) is 30.3 Å². The van der Waals surface area contributed by atoms with E-state index in [1.54, 1.807) is 11.3 Å². The van der Waals surface area contributed by atoms with E-state index in [1.807, 2.05) is 13.1 Å². The fourth-order valence-corrected chi connectivity index (χ4v) is 3.25. The number of benzene rings is 1. The summed E-state index contributed by atoms with van der Waals surface area (Å²) in [6.07, 6.45) is 1.12. The van der Waals surface area contributed by atoms with E-state index < -0.39 is 0 Å². The van der Waals surface area contributed by atoms with Gasteiger partial charge in [0.1, 0.15) is 5.01 Å². The van der Waals surface area contributed by atoms with Gasteiger partial charge in [-0.05, 0) is 13.5 Å². The minimum absolute atomic E-state index is 0.407. The molecule has 2 heterocycles. The van der Waals surface area contributed by atoms with Crippen LogP contribution in [0.25, 0.3) is 11.3 Å². The predicted octanol–water partition coefficient (Wildman–Crippen LogP) is 2.43. The minimum atomic E-state index is 0.407. The van der Waals surface area contributed by atoms with Crippen LogP contribution in [0.2, 0.25) is 0 Å². The Morgan fingerprint density at radius 2 is 2.17 bits per heavy atom. The van der Waals surface area contributed by atoms with E-state index in [0.29, 0.717) is 12.1 Å². The second-order valence-corrected chi connectivity index (χ2v) is 5.51. The quantitative estimate of drug-likeness (QED) is 0.889. The van der Waals surface area contributed by atoms with E-state index >= 15 is 0 Å². The normalized spacial score (nSPS) is 23.4. The Morgan fingerprint density at radius 3 is 2.89 bits per heavy atom. The van der Waals surface area contributed by atoms with Crippen molar-refractivity contribution in [3.63, 3.8) is 0 Å². The molecule has 0 unspecified atom stereocenters. The minimum Gasteiger partial charge on any atom is -0.316 e. The van der Waals surface area contributed by atoms with Crippen molar-refractivity contribution in [1.29, 1.82) is 0 Å².